The fraction of sp³-hybridized carbons (Fsp3) is 0.320. The molecular formula is C25H27N5O3S. The van der Waals surface area contributed by atoms with Gasteiger partial charge in [-0.25, -0.2) is 4.99 Å². The summed E-state index contributed by atoms with van der Waals surface area (Å²) in [6, 6.07) is 14.2. The highest BCUT2D eigenvalue weighted by atomic mass is 32.2. The van der Waals surface area contributed by atoms with Gasteiger partial charge in [-0.3, -0.25) is 19.3 Å². The number of amidine groups is 2. The molecule has 4 rings (SSSR count). The molecule has 34 heavy (non-hydrogen) atoms. The first-order valence-corrected chi connectivity index (χ1v) is 12.3. The normalized spacial score (nSPS) is 16.4. The number of anilines is 1. The van der Waals surface area contributed by atoms with Crippen LogP contribution in [-0.4, -0.2) is 52.0 Å². The second kappa shape index (κ2) is 10.6. The van der Waals surface area contributed by atoms with Crippen LogP contribution in [0.3, 0.4) is 0 Å². The van der Waals surface area contributed by atoms with Crippen molar-refractivity contribution in [2.24, 2.45) is 9.98 Å². The number of aryl methyl sites for hydroxylation is 1. The van der Waals surface area contributed by atoms with Crippen LogP contribution >= 0.6 is 11.8 Å². The summed E-state index contributed by atoms with van der Waals surface area (Å²) in [7, 11) is 0. The molecule has 8 nitrogen and oxygen atoms in total. The summed E-state index contributed by atoms with van der Waals surface area (Å²) in [5.74, 6) is -0.195. The number of nitrogens with zero attached hydrogens (tertiary/aromatic N) is 3. The second-order valence-corrected chi connectivity index (χ2v) is 9.13. The number of hydrogen-bond donors (Lipinski definition) is 2. The van der Waals surface area contributed by atoms with Crippen LogP contribution in [0, 0.1) is 6.92 Å². The molecular weight excluding hydrogens is 450 g/mol. The Bertz CT molecular complexity index is 1180. The van der Waals surface area contributed by atoms with E-state index in [1.165, 1.54) is 11.8 Å². The van der Waals surface area contributed by atoms with Gasteiger partial charge in [0.1, 0.15) is 11.9 Å². The molecule has 176 valence electrons. The summed E-state index contributed by atoms with van der Waals surface area (Å²) in [6.07, 6.45) is 1.82. The van der Waals surface area contributed by atoms with Gasteiger partial charge in [0.25, 0.3) is 5.91 Å². The van der Waals surface area contributed by atoms with E-state index in [4.69, 9.17) is 4.99 Å². The van der Waals surface area contributed by atoms with Crippen LogP contribution in [0.15, 0.2) is 58.5 Å². The van der Waals surface area contributed by atoms with Crippen LogP contribution in [0.25, 0.3) is 0 Å². The lowest BCUT2D eigenvalue weighted by molar-refractivity contribution is -0.126. The largest absolute Gasteiger partial charge is 0.356 e. The van der Waals surface area contributed by atoms with Crippen molar-refractivity contribution in [1.29, 1.82) is 0 Å². The molecule has 0 fully saturated rings. The Balaban J connectivity index is 1.51. The minimum Gasteiger partial charge on any atom is -0.356 e. The van der Waals surface area contributed by atoms with E-state index in [-0.39, 0.29) is 29.9 Å². The van der Waals surface area contributed by atoms with Gasteiger partial charge in [0, 0.05) is 17.8 Å². The van der Waals surface area contributed by atoms with E-state index in [1.54, 1.807) is 4.90 Å². The molecule has 2 aliphatic rings. The van der Waals surface area contributed by atoms with Gasteiger partial charge in [-0.2, -0.15) is 4.99 Å². The van der Waals surface area contributed by atoms with Crippen molar-refractivity contribution in [3.63, 3.8) is 0 Å². The SMILES string of the molecule is CCCCNC(=O)CC1C(=O)N=C2c3ccccc3N=C(SCC(=O)Nc3cccc(C)c3)N21. The summed E-state index contributed by atoms with van der Waals surface area (Å²) in [5.41, 5.74) is 3.19. The summed E-state index contributed by atoms with van der Waals surface area (Å²) >= 11 is 1.22. The minimum absolute atomic E-state index is 0.0210. The van der Waals surface area contributed by atoms with Crippen LogP contribution in [0.5, 0.6) is 0 Å². The zero-order valence-corrected chi connectivity index (χ0v) is 20.0. The van der Waals surface area contributed by atoms with Gasteiger partial charge in [-0.15, -0.1) is 0 Å². The molecule has 0 aliphatic carbocycles. The second-order valence-electron chi connectivity index (χ2n) is 8.18. The number of nitrogens with one attached hydrogen (secondary N) is 2. The van der Waals surface area contributed by atoms with Crippen molar-refractivity contribution in [3.05, 3.63) is 59.7 Å². The van der Waals surface area contributed by atoms with Gasteiger partial charge in [0.15, 0.2) is 5.17 Å². The highest BCUT2D eigenvalue weighted by molar-refractivity contribution is 8.14. The number of fused-ring (bicyclic) bond motifs is 3. The van der Waals surface area contributed by atoms with Crippen LogP contribution in [0.2, 0.25) is 0 Å². The van der Waals surface area contributed by atoms with E-state index < -0.39 is 6.04 Å². The van der Waals surface area contributed by atoms with Gasteiger partial charge in [-0.1, -0.05) is 49.4 Å². The third kappa shape index (κ3) is 5.36. The maximum atomic E-state index is 12.8. The topological polar surface area (TPSA) is 103 Å². The van der Waals surface area contributed by atoms with Crippen molar-refractivity contribution in [2.45, 2.75) is 39.2 Å². The Hall–Kier alpha value is -3.46. The van der Waals surface area contributed by atoms with E-state index >= 15 is 0 Å². The Morgan fingerprint density at radius 2 is 1.91 bits per heavy atom. The maximum absolute atomic E-state index is 12.8. The van der Waals surface area contributed by atoms with Gasteiger partial charge < -0.3 is 10.6 Å². The standard InChI is InChI=1S/C25H27N5O3S/c1-3-4-12-26-21(31)14-20-24(33)29-23-18-10-5-6-11-19(18)28-25(30(20)23)34-15-22(32)27-17-9-7-8-16(2)13-17/h5-11,13,20H,3-4,12,14-15H2,1-2H3,(H,26,31)(H,27,32). The van der Waals surface area contributed by atoms with Gasteiger partial charge in [0.2, 0.25) is 11.8 Å². The van der Waals surface area contributed by atoms with Crippen LogP contribution in [-0.2, 0) is 14.4 Å². The zero-order valence-electron chi connectivity index (χ0n) is 19.2. The fourth-order valence-corrected chi connectivity index (χ4v) is 4.65. The van der Waals surface area contributed by atoms with Crippen molar-refractivity contribution in [3.8, 4) is 0 Å². The molecule has 0 saturated carbocycles. The lowest BCUT2D eigenvalue weighted by atomic mass is 10.1. The van der Waals surface area contributed by atoms with Gasteiger partial charge in [0.05, 0.1) is 17.9 Å². The summed E-state index contributed by atoms with van der Waals surface area (Å²) in [6.45, 7) is 4.58. The monoisotopic (exact) mass is 477 g/mol. The lowest BCUT2D eigenvalue weighted by Crippen LogP contribution is -2.46. The predicted molar refractivity (Wildman–Crippen MR) is 136 cm³/mol. The maximum Gasteiger partial charge on any atom is 0.271 e. The number of benzene rings is 2. The number of para-hydroxylation sites is 1. The molecule has 0 saturated heterocycles. The van der Waals surface area contributed by atoms with Gasteiger partial charge >= 0.3 is 0 Å². The average Bonchev–Trinajstić information content (AvgIpc) is 3.14. The van der Waals surface area contributed by atoms with E-state index in [0.717, 1.165) is 29.7 Å². The van der Waals surface area contributed by atoms with Gasteiger partial charge in [-0.05, 0) is 43.2 Å². The first kappa shape index (κ1) is 23.7. The van der Waals surface area contributed by atoms with Crippen LogP contribution < -0.4 is 10.6 Å². The van der Waals surface area contributed by atoms with Crippen molar-refractivity contribution >= 4 is 51.9 Å². The molecule has 0 spiro atoms. The molecule has 2 aromatic carbocycles. The Labute approximate surface area is 202 Å². The first-order chi connectivity index (χ1) is 16.5. The Morgan fingerprint density at radius 1 is 1.09 bits per heavy atom. The number of aliphatic imine (C=N–C) groups is 2. The molecule has 3 amide bonds. The van der Waals surface area contributed by atoms with E-state index in [0.29, 0.717) is 23.2 Å². The predicted octanol–water partition coefficient (Wildman–Crippen LogP) is 3.63. The molecule has 0 radical (unpaired) electrons. The molecule has 2 N–H and O–H groups in total. The summed E-state index contributed by atoms with van der Waals surface area (Å²) in [4.78, 5) is 48.6. The van der Waals surface area contributed by atoms with E-state index in [2.05, 4.69) is 15.6 Å². The van der Waals surface area contributed by atoms with Crippen molar-refractivity contribution in [2.75, 3.05) is 17.6 Å². The molecule has 2 aliphatic heterocycles. The number of carbonyl (C=O) groups is 3. The minimum atomic E-state index is -0.781. The quantitative estimate of drug-likeness (QED) is 0.565. The number of carbonyl (C=O) groups excluding carboxylic acids is 3. The molecule has 0 bridgehead atoms. The van der Waals surface area contributed by atoms with Crippen molar-refractivity contribution in [1.82, 2.24) is 10.2 Å². The van der Waals surface area contributed by atoms with Crippen LogP contribution in [0.4, 0.5) is 11.4 Å². The number of thioether (sulfide) groups is 1. The Kier molecular flexibility index (Phi) is 7.42. The van der Waals surface area contributed by atoms with E-state index in [9.17, 15) is 14.4 Å². The Morgan fingerprint density at radius 3 is 2.71 bits per heavy atom. The molecule has 2 aromatic rings. The molecule has 0 aromatic heterocycles. The zero-order chi connectivity index (χ0) is 24.1. The highest BCUT2D eigenvalue weighted by Crippen LogP contribution is 2.34. The first-order valence-electron chi connectivity index (χ1n) is 11.3. The van der Waals surface area contributed by atoms with Crippen molar-refractivity contribution < 1.29 is 14.4 Å². The third-order valence-corrected chi connectivity index (χ3v) is 6.43. The van der Waals surface area contributed by atoms with E-state index in [1.807, 2.05) is 62.4 Å². The average molecular weight is 478 g/mol. The number of unbranched alkanes of at least 4 members (excludes halogenated alkanes) is 1. The third-order valence-electron chi connectivity index (χ3n) is 5.47. The molecule has 1 unspecified atom stereocenters. The van der Waals surface area contributed by atoms with Crippen LogP contribution in [0.1, 0.15) is 37.3 Å². The highest BCUT2D eigenvalue weighted by Gasteiger charge is 2.42. The molecule has 1 atom stereocenters. The number of amides is 3. The summed E-state index contributed by atoms with van der Waals surface area (Å²) < 4.78 is 0. The lowest BCUT2D eigenvalue weighted by Gasteiger charge is -2.30. The number of hydrogen-bond acceptors (Lipinski definition) is 6. The number of rotatable bonds is 8. The molecule has 2 heterocycles. The molecule has 9 heteroatoms. The summed E-state index contributed by atoms with van der Waals surface area (Å²) in [5, 5.41) is 6.23. The smallest absolute Gasteiger partial charge is 0.271 e. The fourth-order valence-electron chi connectivity index (χ4n) is 3.80.